The van der Waals surface area contributed by atoms with Gasteiger partial charge in [0.2, 0.25) is 10.0 Å². The minimum atomic E-state index is -3.80. The van der Waals surface area contributed by atoms with Crippen molar-refractivity contribution in [2.45, 2.75) is 11.3 Å². The van der Waals surface area contributed by atoms with Crippen LogP contribution in [0.25, 0.3) is 16.9 Å². The Bertz CT molecular complexity index is 1430. The fourth-order valence-corrected chi connectivity index (χ4v) is 5.03. The summed E-state index contributed by atoms with van der Waals surface area (Å²) in [5.41, 5.74) is 2.07. The van der Waals surface area contributed by atoms with Crippen molar-refractivity contribution in [1.29, 1.82) is 0 Å². The maximum absolute atomic E-state index is 13.3. The summed E-state index contributed by atoms with van der Waals surface area (Å²) < 4.78 is 42.9. The summed E-state index contributed by atoms with van der Waals surface area (Å²) in [5, 5.41) is 7.92. The molecule has 2 N–H and O–H groups in total. The van der Waals surface area contributed by atoms with E-state index in [0.29, 0.717) is 35.1 Å². The molecule has 4 aromatic rings. The molecule has 7 nitrogen and oxygen atoms in total. The van der Waals surface area contributed by atoms with Gasteiger partial charge < -0.3 is 5.32 Å². The Labute approximate surface area is 208 Å². The predicted molar refractivity (Wildman–Crippen MR) is 131 cm³/mol. The van der Waals surface area contributed by atoms with E-state index in [1.807, 2.05) is 24.3 Å². The SMILES string of the molecule is O=S(=O)(NCCCNc1cc(-c2ccccc2Cl)nc2c(Br)cnn12)c1ccc(F)c(Cl)c1. The van der Waals surface area contributed by atoms with Crippen LogP contribution in [0.1, 0.15) is 6.42 Å². The van der Waals surface area contributed by atoms with Crippen LogP contribution in [0.3, 0.4) is 0 Å². The normalized spacial score (nSPS) is 11.8. The Morgan fingerprint density at radius 2 is 1.85 bits per heavy atom. The first-order valence-electron chi connectivity index (χ1n) is 9.74. The highest BCUT2D eigenvalue weighted by atomic mass is 79.9. The lowest BCUT2D eigenvalue weighted by molar-refractivity contribution is 0.579. The van der Waals surface area contributed by atoms with Gasteiger partial charge in [-0.3, -0.25) is 0 Å². The average Bonchev–Trinajstić information content (AvgIpc) is 3.16. The highest BCUT2D eigenvalue weighted by Crippen LogP contribution is 2.30. The first-order chi connectivity index (χ1) is 15.8. The number of hydrogen-bond donors (Lipinski definition) is 2. The molecule has 0 radical (unpaired) electrons. The number of nitrogens with zero attached hydrogens (tertiary/aromatic N) is 3. The second-order valence-electron chi connectivity index (χ2n) is 6.99. The van der Waals surface area contributed by atoms with Crippen LogP contribution in [-0.4, -0.2) is 36.1 Å². The number of rotatable bonds is 8. The van der Waals surface area contributed by atoms with Gasteiger partial charge in [0.05, 0.1) is 26.3 Å². The third-order valence-electron chi connectivity index (χ3n) is 4.73. The van der Waals surface area contributed by atoms with Crippen molar-refractivity contribution >= 4 is 60.6 Å². The summed E-state index contributed by atoms with van der Waals surface area (Å²) in [4.78, 5) is 4.56. The summed E-state index contributed by atoms with van der Waals surface area (Å²) in [6.45, 7) is 0.615. The fraction of sp³-hybridized carbons (Fsp3) is 0.143. The largest absolute Gasteiger partial charge is 0.370 e. The Morgan fingerprint density at radius 3 is 2.61 bits per heavy atom. The number of nitrogens with one attached hydrogen (secondary N) is 2. The molecule has 2 aromatic carbocycles. The van der Waals surface area contributed by atoms with E-state index in [9.17, 15) is 12.8 Å². The molecule has 0 aliphatic rings. The van der Waals surface area contributed by atoms with Gasteiger partial charge in [0, 0.05) is 29.7 Å². The van der Waals surface area contributed by atoms with Gasteiger partial charge in [-0.2, -0.15) is 9.61 Å². The van der Waals surface area contributed by atoms with Crippen molar-refractivity contribution in [2.75, 3.05) is 18.4 Å². The van der Waals surface area contributed by atoms with Gasteiger partial charge in [0.25, 0.3) is 0 Å². The van der Waals surface area contributed by atoms with E-state index in [1.165, 1.54) is 6.07 Å². The monoisotopic (exact) mass is 571 g/mol. The number of benzene rings is 2. The molecule has 0 unspecified atom stereocenters. The first kappa shape index (κ1) is 23.9. The maximum Gasteiger partial charge on any atom is 0.240 e. The molecule has 4 rings (SSSR count). The Morgan fingerprint density at radius 1 is 1.06 bits per heavy atom. The fourth-order valence-electron chi connectivity index (χ4n) is 3.11. The van der Waals surface area contributed by atoms with Gasteiger partial charge in [0.15, 0.2) is 5.65 Å². The lowest BCUT2D eigenvalue weighted by Crippen LogP contribution is -2.26. The zero-order chi connectivity index (χ0) is 23.6. The van der Waals surface area contributed by atoms with Crippen LogP contribution in [0, 0.1) is 5.82 Å². The molecule has 0 fully saturated rings. The van der Waals surface area contributed by atoms with Crippen LogP contribution in [-0.2, 0) is 10.0 Å². The third kappa shape index (κ3) is 5.30. The second kappa shape index (κ2) is 9.94. The molecule has 12 heteroatoms. The molecule has 33 heavy (non-hydrogen) atoms. The maximum atomic E-state index is 13.3. The van der Waals surface area contributed by atoms with Gasteiger partial charge in [-0.15, -0.1) is 0 Å². The summed E-state index contributed by atoms with van der Waals surface area (Å²) in [5.74, 6) is -0.00121. The van der Waals surface area contributed by atoms with E-state index < -0.39 is 15.8 Å². The van der Waals surface area contributed by atoms with E-state index in [1.54, 1.807) is 16.8 Å². The molecule has 172 valence electrons. The van der Waals surface area contributed by atoms with E-state index in [2.05, 4.69) is 36.1 Å². The van der Waals surface area contributed by atoms with Crippen LogP contribution in [0.15, 0.2) is 64.1 Å². The van der Waals surface area contributed by atoms with Crippen molar-refractivity contribution in [3.8, 4) is 11.3 Å². The van der Waals surface area contributed by atoms with E-state index in [0.717, 1.165) is 22.2 Å². The highest BCUT2D eigenvalue weighted by molar-refractivity contribution is 9.10. The van der Waals surface area contributed by atoms with Gasteiger partial charge in [0.1, 0.15) is 11.6 Å². The minimum Gasteiger partial charge on any atom is -0.370 e. The van der Waals surface area contributed by atoms with E-state index in [-0.39, 0.29) is 16.5 Å². The molecule has 0 saturated carbocycles. The summed E-state index contributed by atoms with van der Waals surface area (Å²) >= 11 is 15.5. The lowest BCUT2D eigenvalue weighted by atomic mass is 10.1. The number of hydrogen-bond acceptors (Lipinski definition) is 5. The molecular weight excluding hydrogens is 556 g/mol. The van der Waals surface area contributed by atoms with Gasteiger partial charge in [-0.05, 0) is 46.6 Å². The molecule has 2 heterocycles. The van der Waals surface area contributed by atoms with Crippen LogP contribution in [0.5, 0.6) is 0 Å². The molecule has 0 aliphatic heterocycles. The van der Waals surface area contributed by atoms with Crippen molar-refractivity contribution in [3.05, 3.63) is 75.1 Å². The number of halogens is 4. The van der Waals surface area contributed by atoms with Crippen LogP contribution in [0.2, 0.25) is 10.0 Å². The molecular formula is C21H17BrCl2FN5O2S. The molecule has 2 aromatic heterocycles. The quantitative estimate of drug-likeness (QED) is 0.277. The molecule has 0 aliphatic carbocycles. The summed E-state index contributed by atoms with van der Waals surface area (Å²) in [6.07, 6.45) is 2.12. The molecule has 0 amide bonds. The number of sulfonamides is 1. The summed E-state index contributed by atoms with van der Waals surface area (Å²) in [7, 11) is -3.80. The van der Waals surface area contributed by atoms with Crippen LogP contribution < -0.4 is 10.0 Å². The standard InChI is InChI=1S/C21H17BrCl2FN5O2S/c22-15-12-27-30-20(11-19(29-21(15)30)14-4-1-2-5-16(14)23)26-8-3-9-28-33(31,32)13-6-7-18(25)17(24)10-13/h1-2,4-7,10-12,26,28H,3,8-9H2. The zero-order valence-corrected chi connectivity index (χ0v) is 20.8. The van der Waals surface area contributed by atoms with Gasteiger partial charge in [-0.25, -0.2) is 22.5 Å². The molecule has 0 bridgehead atoms. The molecule has 0 atom stereocenters. The smallest absolute Gasteiger partial charge is 0.240 e. The van der Waals surface area contributed by atoms with E-state index >= 15 is 0 Å². The van der Waals surface area contributed by atoms with Gasteiger partial charge in [-0.1, -0.05) is 41.4 Å². The predicted octanol–water partition coefficient (Wildman–Crippen LogP) is 5.39. The Balaban J connectivity index is 1.45. The Hall–Kier alpha value is -2.24. The van der Waals surface area contributed by atoms with Crippen molar-refractivity contribution in [2.24, 2.45) is 0 Å². The minimum absolute atomic E-state index is 0.0940. The third-order valence-corrected chi connectivity index (χ3v) is 7.37. The van der Waals surface area contributed by atoms with Crippen molar-refractivity contribution in [3.63, 3.8) is 0 Å². The lowest BCUT2D eigenvalue weighted by Gasteiger charge is -2.12. The second-order valence-corrected chi connectivity index (χ2v) is 10.4. The van der Waals surface area contributed by atoms with Crippen molar-refractivity contribution in [1.82, 2.24) is 19.3 Å². The molecule has 0 saturated heterocycles. The number of aromatic nitrogens is 3. The van der Waals surface area contributed by atoms with Gasteiger partial charge >= 0.3 is 0 Å². The van der Waals surface area contributed by atoms with Crippen molar-refractivity contribution < 1.29 is 12.8 Å². The zero-order valence-electron chi connectivity index (χ0n) is 16.9. The van der Waals surface area contributed by atoms with Crippen LogP contribution in [0.4, 0.5) is 10.2 Å². The average molecular weight is 573 g/mol. The summed E-state index contributed by atoms with van der Waals surface area (Å²) in [6, 6.07) is 12.5. The molecule has 0 spiro atoms. The number of anilines is 1. The number of fused-ring (bicyclic) bond motifs is 1. The first-order valence-corrected chi connectivity index (χ1v) is 12.8. The van der Waals surface area contributed by atoms with Crippen LogP contribution >= 0.6 is 39.1 Å². The highest BCUT2D eigenvalue weighted by Gasteiger charge is 2.16. The van der Waals surface area contributed by atoms with E-state index in [4.69, 9.17) is 23.2 Å². The topological polar surface area (TPSA) is 88.4 Å². The Kier molecular flexibility index (Phi) is 7.20.